The van der Waals surface area contributed by atoms with Crippen molar-refractivity contribution in [3.05, 3.63) is 0 Å². The Kier molecular flexibility index (Phi) is 10.9. The summed E-state index contributed by atoms with van der Waals surface area (Å²) in [6, 6.07) is -0.228. The molecular weight excluding hydrogens is 262 g/mol. The number of amides is 1. The Morgan fingerprint density at radius 2 is 1.81 bits per heavy atom. The van der Waals surface area contributed by atoms with Crippen LogP contribution in [0.2, 0.25) is 0 Å². The summed E-state index contributed by atoms with van der Waals surface area (Å²) < 4.78 is 0. The number of thiol groups is 3. The van der Waals surface area contributed by atoms with Gasteiger partial charge < -0.3 is 11.1 Å². The van der Waals surface area contributed by atoms with Gasteiger partial charge in [-0.1, -0.05) is 0 Å². The third-order valence-electron chi connectivity index (χ3n) is 2.13. The van der Waals surface area contributed by atoms with E-state index in [1.165, 1.54) is 0 Å². The first-order valence-corrected chi connectivity index (χ1v) is 7.15. The maximum absolute atomic E-state index is 11.8. The lowest BCUT2D eigenvalue weighted by molar-refractivity contribution is -0.125. The van der Waals surface area contributed by atoms with Crippen molar-refractivity contribution in [2.45, 2.75) is 6.04 Å². The summed E-state index contributed by atoms with van der Waals surface area (Å²) in [6.45, 7) is 2.46. The summed E-state index contributed by atoms with van der Waals surface area (Å²) in [5.74, 6) is 1.88. The number of carbonyl (C=O) groups excluding carboxylic acids is 1. The largest absolute Gasteiger partial charge is 0.353 e. The summed E-state index contributed by atoms with van der Waals surface area (Å²) in [5.41, 5.74) is 5.34. The third-order valence-corrected chi connectivity index (χ3v) is 2.88. The first-order chi connectivity index (χ1) is 7.71. The van der Waals surface area contributed by atoms with Crippen LogP contribution in [0.15, 0.2) is 0 Å². The Morgan fingerprint density at radius 3 is 2.19 bits per heavy atom. The van der Waals surface area contributed by atoms with Gasteiger partial charge in [-0.05, 0) is 0 Å². The second kappa shape index (κ2) is 10.6. The molecule has 0 bridgehead atoms. The van der Waals surface area contributed by atoms with Crippen LogP contribution in [0.5, 0.6) is 0 Å². The maximum atomic E-state index is 11.8. The Bertz CT molecular complexity index is 189. The average Bonchev–Trinajstić information content (AvgIpc) is 2.28. The van der Waals surface area contributed by atoms with Crippen LogP contribution in [-0.4, -0.2) is 60.3 Å². The summed E-state index contributed by atoms with van der Waals surface area (Å²) in [7, 11) is 0. The normalized spacial score (nSPS) is 12.8. The molecule has 1 amide bonds. The van der Waals surface area contributed by atoms with Crippen molar-refractivity contribution in [1.29, 1.82) is 0 Å². The van der Waals surface area contributed by atoms with Gasteiger partial charge in [0, 0.05) is 43.4 Å². The number of carbonyl (C=O) groups is 1. The summed E-state index contributed by atoms with van der Waals surface area (Å²) >= 11 is 12.6. The second-order valence-corrected chi connectivity index (χ2v) is 4.52. The van der Waals surface area contributed by atoms with Crippen molar-refractivity contribution in [3.63, 3.8) is 0 Å². The molecule has 1 unspecified atom stereocenters. The van der Waals surface area contributed by atoms with E-state index in [-0.39, 0.29) is 11.9 Å². The molecule has 0 saturated heterocycles. The predicted molar refractivity (Wildman–Crippen MR) is 79.0 cm³/mol. The number of nitrogens with two attached hydrogens (primary N) is 1. The van der Waals surface area contributed by atoms with Crippen LogP contribution < -0.4 is 11.1 Å². The molecule has 7 heteroatoms. The van der Waals surface area contributed by atoms with Crippen LogP contribution in [0.1, 0.15) is 0 Å². The van der Waals surface area contributed by atoms with Crippen molar-refractivity contribution in [3.8, 4) is 0 Å². The lowest BCUT2D eigenvalue weighted by Crippen LogP contribution is -2.50. The third kappa shape index (κ3) is 6.24. The van der Waals surface area contributed by atoms with Gasteiger partial charge in [0.25, 0.3) is 0 Å². The van der Waals surface area contributed by atoms with Gasteiger partial charge in [0.15, 0.2) is 0 Å². The van der Waals surface area contributed by atoms with Gasteiger partial charge in [-0.15, -0.1) is 0 Å². The molecule has 0 spiro atoms. The van der Waals surface area contributed by atoms with E-state index < -0.39 is 0 Å². The van der Waals surface area contributed by atoms with Crippen molar-refractivity contribution in [2.24, 2.45) is 5.73 Å². The highest BCUT2D eigenvalue weighted by Gasteiger charge is 2.22. The minimum atomic E-state index is -0.228. The molecular formula is C9H21N3OS3. The van der Waals surface area contributed by atoms with Crippen molar-refractivity contribution >= 4 is 43.8 Å². The molecule has 0 aliphatic heterocycles. The minimum Gasteiger partial charge on any atom is -0.353 e. The molecule has 0 aliphatic carbocycles. The first-order valence-electron chi connectivity index (χ1n) is 5.25. The maximum Gasteiger partial charge on any atom is 0.238 e. The van der Waals surface area contributed by atoms with Gasteiger partial charge in [-0.2, -0.15) is 37.9 Å². The highest BCUT2D eigenvalue weighted by Crippen LogP contribution is 2.03. The summed E-state index contributed by atoms with van der Waals surface area (Å²) in [4.78, 5) is 13.9. The van der Waals surface area contributed by atoms with E-state index in [0.29, 0.717) is 30.3 Å². The molecule has 0 saturated carbocycles. The van der Waals surface area contributed by atoms with Gasteiger partial charge in [0.05, 0.1) is 6.04 Å². The zero-order valence-electron chi connectivity index (χ0n) is 9.30. The molecule has 0 aromatic heterocycles. The van der Waals surface area contributed by atoms with E-state index in [2.05, 4.69) is 43.2 Å². The number of nitrogens with one attached hydrogen (secondary N) is 1. The van der Waals surface area contributed by atoms with E-state index in [1.807, 2.05) is 4.90 Å². The molecule has 0 rings (SSSR count). The number of hydrogen-bond acceptors (Lipinski definition) is 6. The van der Waals surface area contributed by atoms with E-state index in [9.17, 15) is 4.79 Å². The molecule has 0 aliphatic rings. The van der Waals surface area contributed by atoms with Crippen LogP contribution in [0.3, 0.4) is 0 Å². The number of nitrogens with zero attached hydrogens (tertiary/aromatic N) is 1. The Labute approximate surface area is 114 Å². The molecule has 0 radical (unpaired) electrons. The van der Waals surface area contributed by atoms with Gasteiger partial charge >= 0.3 is 0 Å². The quantitative estimate of drug-likeness (QED) is 0.372. The molecule has 0 aromatic rings. The van der Waals surface area contributed by atoms with Gasteiger partial charge in [-0.3, -0.25) is 9.69 Å². The second-order valence-electron chi connectivity index (χ2n) is 3.26. The van der Waals surface area contributed by atoms with Crippen molar-refractivity contribution in [2.75, 3.05) is 43.4 Å². The zero-order valence-corrected chi connectivity index (χ0v) is 12.0. The molecule has 96 valence electrons. The van der Waals surface area contributed by atoms with Gasteiger partial charge in [0.1, 0.15) is 0 Å². The fraction of sp³-hybridized carbons (Fsp3) is 0.889. The van der Waals surface area contributed by atoms with E-state index in [4.69, 9.17) is 5.73 Å². The average molecular weight is 283 g/mol. The van der Waals surface area contributed by atoms with Crippen LogP contribution >= 0.6 is 37.9 Å². The number of rotatable bonds is 9. The Hall–Kier alpha value is 0.440. The lowest BCUT2D eigenvalue weighted by atomic mass is 10.2. The molecule has 4 nitrogen and oxygen atoms in total. The van der Waals surface area contributed by atoms with Crippen LogP contribution in [0.4, 0.5) is 0 Å². The smallest absolute Gasteiger partial charge is 0.238 e. The van der Waals surface area contributed by atoms with Crippen LogP contribution in [-0.2, 0) is 4.79 Å². The topological polar surface area (TPSA) is 58.4 Å². The molecule has 16 heavy (non-hydrogen) atoms. The molecule has 1 atom stereocenters. The minimum absolute atomic E-state index is 0.0241. The standard InChI is InChI=1S/C9H21N3OS3/c10-1-2-11-9(13)8(7-16)12(3-5-14)4-6-15/h8,14-16H,1-7,10H2,(H,11,13). The fourth-order valence-electron chi connectivity index (χ4n) is 1.36. The lowest BCUT2D eigenvalue weighted by Gasteiger charge is -2.28. The van der Waals surface area contributed by atoms with Crippen molar-refractivity contribution < 1.29 is 4.79 Å². The van der Waals surface area contributed by atoms with Crippen LogP contribution in [0.25, 0.3) is 0 Å². The molecule has 3 N–H and O–H groups in total. The van der Waals surface area contributed by atoms with Crippen LogP contribution in [0, 0.1) is 0 Å². The Balaban J connectivity index is 4.32. The number of hydrogen-bond donors (Lipinski definition) is 5. The predicted octanol–water partition coefficient (Wildman–Crippen LogP) is -0.479. The summed E-state index contributed by atoms with van der Waals surface area (Å²) in [5, 5.41) is 2.78. The highest BCUT2D eigenvalue weighted by molar-refractivity contribution is 7.80. The summed E-state index contributed by atoms with van der Waals surface area (Å²) in [6.07, 6.45) is 0. The van der Waals surface area contributed by atoms with Crippen molar-refractivity contribution in [1.82, 2.24) is 10.2 Å². The van der Waals surface area contributed by atoms with E-state index >= 15 is 0 Å². The molecule has 0 fully saturated rings. The SMILES string of the molecule is NCCNC(=O)C(CS)N(CCS)CCS. The monoisotopic (exact) mass is 283 g/mol. The van der Waals surface area contributed by atoms with Gasteiger partial charge in [0.2, 0.25) is 5.91 Å². The first kappa shape index (κ1) is 16.4. The fourth-order valence-corrected chi connectivity index (χ4v) is 2.27. The zero-order chi connectivity index (χ0) is 12.4. The van der Waals surface area contributed by atoms with Gasteiger partial charge in [-0.25, -0.2) is 0 Å². The highest BCUT2D eigenvalue weighted by atomic mass is 32.1. The molecule has 0 aromatic carbocycles. The molecule has 0 heterocycles. The van der Waals surface area contributed by atoms with E-state index in [1.54, 1.807) is 0 Å². The van der Waals surface area contributed by atoms with E-state index in [0.717, 1.165) is 13.1 Å². The Morgan fingerprint density at radius 1 is 1.25 bits per heavy atom.